The second-order valence-electron chi connectivity index (χ2n) is 8.39. The van der Waals surface area contributed by atoms with E-state index >= 15 is 0 Å². The lowest BCUT2D eigenvalue weighted by Gasteiger charge is -2.36. The van der Waals surface area contributed by atoms with Crippen LogP contribution in [0, 0.1) is 0 Å². The molecule has 1 heterocycles. The maximum atomic E-state index is 12.6. The van der Waals surface area contributed by atoms with E-state index in [9.17, 15) is 9.59 Å². The normalized spacial score (nSPS) is 13.6. The van der Waals surface area contributed by atoms with Gasteiger partial charge in [-0.25, -0.2) is 0 Å². The van der Waals surface area contributed by atoms with Gasteiger partial charge >= 0.3 is 0 Å². The molecule has 1 aliphatic rings. The summed E-state index contributed by atoms with van der Waals surface area (Å²) in [6, 6.07) is 12.5. The number of piperazine rings is 1. The van der Waals surface area contributed by atoms with Crippen molar-refractivity contribution in [2.24, 2.45) is 0 Å². The maximum absolute atomic E-state index is 12.6. The molecule has 1 aliphatic heterocycles. The van der Waals surface area contributed by atoms with Crippen LogP contribution in [-0.2, 0) is 4.79 Å². The quantitative estimate of drug-likeness (QED) is 0.534. The third kappa shape index (κ3) is 7.08. The molecule has 0 radical (unpaired) electrons. The summed E-state index contributed by atoms with van der Waals surface area (Å²) in [7, 11) is 0. The van der Waals surface area contributed by atoms with Crippen molar-refractivity contribution in [3.8, 4) is 5.75 Å². The zero-order chi connectivity index (χ0) is 24.7. The van der Waals surface area contributed by atoms with Gasteiger partial charge < -0.3 is 19.9 Å². The van der Waals surface area contributed by atoms with E-state index in [1.807, 2.05) is 37.8 Å². The lowest BCUT2D eigenvalue weighted by atomic mass is 10.2. The van der Waals surface area contributed by atoms with Crippen LogP contribution < -0.4 is 20.3 Å². The molecule has 34 heavy (non-hydrogen) atoms. The van der Waals surface area contributed by atoms with Crippen LogP contribution >= 0.6 is 23.8 Å². The van der Waals surface area contributed by atoms with Gasteiger partial charge in [0.25, 0.3) is 5.91 Å². The highest BCUT2D eigenvalue weighted by molar-refractivity contribution is 7.80. The molecule has 3 rings (SSSR count). The van der Waals surface area contributed by atoms with Crippen molar-refractivity contribution < 1.29 is 14.3 Å². The van der Waals surface area contributed by atoms with Crippen molar-refractivity contribution >= 4 is 52.1 Å². The van der Waals surface area contributed by atoms with E-state index < -0.39 is 0 Å². The first-order chi connectivity index (χ1) is 16.3. The van der Waals surface area contributed by atoms with Crippen molar-refractivity contribution in [2.75, 3.05) is 36.4 Å². The Morgan fingerprint density at radius 3 is 2.50 bits per heavy atom. The number of anilines is 2. The van der Waals surface area contributed by atoms with Crippen LogP contribution in [0.5, 0.6) is 5.75 Å². The van der Waals surface area contributed by atoms with Crippen molar-refractivity contribution in [2.45, 2.75) is 39.7 Å². The van der Waals surface area contributed by atoms with Crippen LogP contribution in [0.2, 0.25) is 5.02 Å². The van der Waals surface area contributed by atoms with Gasteiger partial charge in [-0.05, 0) is 68.9 Å². The van der Waals surface area contributed by atoms with Gasteiger partial charge in [-0.1, -0.05) is 24.6 Å². The number of ether oxygens (including phenoxy) is 1. The van der Waals surface area contributed by atoms with Gasteiger partial charge in [0.15, 0.2) is 5.11 Å². The summed E-state index contributed by atoms with van der Waals surface area (Å²) in [6.45, 7) is 8.71. The zero-order valence-electron chi connectivity index (χ0n) is 19.8. The Morgan fingerprint density at radius 1 is 1.12 bits per heavy atom. The minimum absolute atomic E-state index is 0.0150. The Labute approximate surface area is 211 Å². The first-order valence-corrected chi connectivity index (χ1v) is 12.3. The number of nitrogens with zero attached hydrogens (tertiary/aromatic N) is 2. The topological polar surface area (TPSA) is 73.9 Å². The van der Waals surface area contributed by atoms with E-state index in [4.69, 9.17) is 28.6 Å². The number of nitrogens with one attached hydrogen (secondary N) is 2. The second-order valence-corrected chi connectivity index (χ2v) is 9.20. The molecule has 0 saturated carbocycles. The summed E-state index contributed by atoms with van der Waals surface area (Å²) in [6.07, 6.45) is 1.47. The fraction of sp³-hybridized carbons (Fsp3) is 0.400. The molecule has 0 aromatic heterocycles. The average molecular weight is 503 g/mol. The Hall–Kier alpha value is -2.84. The van der Waals surface area contributed by atoms with Gasteiger partial charge in [-0.15, -0.1) is 0 Å². The lowest BCUT2D eigenvalue weighted by molar-refractivity contribution is -0.131. The van der Waals surface area contributed by atoms with Crippen molar-refractivity contribution in [3.63, 3.8) is 0 Å². The van der Waals surface area contributed by atoms with Gasteiger partial charge in [-0.3, -0.25) is 14.9 Å². The molecule has 2 aromatic rings. The number of halogens is 1. The monoisotopic (exact) mass is 502 g/mol. The first-order valence-electron chi connectivity index (χ1n) is 11.5. The molecule has 1 saturated heterocycles. The van der Waals surface area contributed by atoms with Crippen LogP contribution in [0.3, 0.4) is 0 Å². The maximum Gasteiger partial charge on any atom is 0.257 e. The SMILES string of the molecule is CCCC(=O)N1CCN(c2ccc(NC(=S)NC(=O)c3cccc(OC(C)C)c3)cc2Cl)CC1. The molecule has 1 fully saturated rings. The van der Waals surface area contributed by atoms with Gasteiger partial charge in [-0.2, -0.15) is 0 Å². The molecular formula is C25H31ClN4O3S. The summed E-state index contributed by atoms with van der Waals surface area (Å²) in [4.78, 5) is 28.8. The lowest BCUT2D eigenvalue weighted by Crippen LogP contribution is -2.48. The van der Waals surface area contributed by atoms with Gasteiger partial charge in [0, 0.05) is 43.9 Å². The number of rotatable bonds is 7. The first kappa shape index (κ1) is 25.8. The van der Waals surface area contributed by atoms with Crippen LogP contribution in [0.4, 0.5) is 11.4 Å². The Bertz CT molecular complexity index is 1040. The fourth-order valence-corrected chi connectivity index (χ4v) is 4.24. The van der Waals surface area contributed by atoms with E-state index in [-0.39, 0.29) is 23.0 Å². The van der Waals surface area contributed by atoms with Crippen molar-refractivity contribution in [3.05, 3.63) is 53.1 Å². The van der Waals surface area contributed by atoms with Gasteiger partial charge in [0.1, 0.15) is 5.75 Å². The molecule has 2 N–H and O–H groups in total. The van der Waals surface area contributed by atoms with Gasteiger partial charge in [0.05, 0.1) is 16.8 Å². The van der Waals surface area contributed by atoms with Crippen LogP contribution in [0.25, 0.3) is 0 Å². The predicted octanol–water partition coefficient (Wildman–Crippen LogP) is 4.70. The zero-order valence-corrected chi connectivity index (χ0v) is 21.3. The van der Waals surface area contributed by atoms with E-state index in [0.29, 0.717) is 41.5 Å². The summed E-state index contributed by atoms with van der Waals surface area (Å²) in [5, 5.41) is 6.44. The molecule has 7 nitrogen and oxygen atoms in total. The molecule has 2 aromatic carbocycles. The Kier molecular flexibility index (Phi) is 9.12. The number of carbonyl (C=O) groups excluding carboxylic acids is 2. The third-order valence-corrected chi connectivity index (χ3v) is 5.84. The number of thiocarbonyl (C=S) groups is 1. The van der Waals surface area contributed by atoms with Crippen molar-refractivity contribution in [1.82, 2.24) is 10.2 Å². The number of carbonyl (C=O) groups is 2. The Balaban J connectivity index is 1.56. The highest BCUT2D eigenvalue weighted by atomic mass is 35.5. The number of hydrogen-bond donors (Lipinski definition) is 2. The predicted molar refractivity (Wildman–Crippen MR) is 141 cm³/mol. The second kappa shape index (κ2) is 12.0. The molecular weight excluding hydrogens is 472 g/mol. The number of hydrogen-bond acceptors (Lipinski definition) is 5. The van der Waals surface area contributed by atoms with E-state index in [1.165, 1.54) is 0 Å². The Morgan fingerprint density at radius 2 is 1.85 bits per heavy atom. The average Bonchev–Trinajstić information content (AvgIpc) is 2.79. The molecule has 0 unspecified atom stereocenters. The largest absolute Gasteiger partial charge is 0.491 e. The third-order valence-electron chi connectivity index (χ3n) is 5.34. The molecule has 0 spiro atoms. The van der Waals surface area contributed by atoms with Crippen LogP contribution in [0.1, 0.15) is 44.0 Å². The number of amides is 2. The van der Waals surface area contributed by atoms with E-state index in [0.717, 1.165) is 25.2 Å². The van der Waals surface area contributed by atoms with Crippen molar-refractivity contribution in [1.29, 1.82) is 0 Å². The molecule has 9 heteroatoms. The van der Waals surface area contributed by atoms with Crippen LogP contribution in [0.15, 0.2) is 42.5 Å². The summed E-state index contributed by atoms with van der Waals surface area (Å²) in [5.74, 6) is 0.506. The molecule has 182 valence electrons. The summed E-state index contributed by atoms with van der Waals surface area (Å²) in [5.41, 5.74) is 2.03. The highest BCUT2D eigenvalue weighted by Gasteiger charge is 2.22. The smallest absolute Gasteiger partial charge is 0.257 e. The minimum atomic E-state index is -0.329. The highest BCUT2D eigenvalue weighted by Crippen LogP contribution is 2.30. The fourth-order valence-electron chi connectivity index (χ4n) is 3.73. The molecule has 0 atom stereocenters. The molecule has 0 bridgehead atoms. The van der Waals surface area contributed by atoms with E-state index in [2.05, 4.69) is 15.5 Å². The minimum Gasteiger partial charge on any atom is -0.491 e. The van der Waals surface area contributed by atoms with Gasteiger partial charge in [0.2, 0.25) is 5.91 Å². The molecule has 2 amide bonds. The summed E-state index contributed by atoms with van der Waals surface area (Å²) >= 11 is 11.9. The van der Waals surface area contributed by atoms with Crippen LogP contribution in [-0.4, -0.2) is 54.1 Å². The number of benzene rings is 2. The molecule has 0 aliphatic carbocycles. The summed E-state index contributed by atoms with van der Waals surface area (Å²) < 4.78 is 5.64. The standard InChI is InChI=1S/C25H31ClN4O3S/c1-4-6-23(31)30-13-11-29(12-14-30)22-10-9-19(16-21(22)26)27-25(34)28-24(32)18-7-5-8-20(15-18)33-17(2)3/h5,7-10,15-17H,4,6,11-14H2,1-3H3,(H2,27,28,32,34). The van der Waals surface area contributed by atoms with E-state index in [1.54, 1.807) is 30.3 Å².